The summed E-state index contributed by atoms with van der Waals surface area (Å²) in [6, 6.07) is 16.6. The maximum absolute atomic E-state index is 6.49. The second-order valence-corrected chi connectivity index (χ2v) is 6.96. The molecule has 2 aliphatic rings. The number of methoxy groups -OCH3 is 1. The fraction of sp³-hybridized carbons (Fsp3) is 0.174. The molecular formula is C23H21N3O. The van der Waals surface area contributed by atoms with E-state index in [1.165, 1.54) is 22.1 Å². The number of guanidine groups is 1. The zero-order valence-corrected chi connectivity index (χ0v) is 15.3. The molecule has 0 aromatic heterocycles. The number of aliphatic imine (C=N–C) groups is 1. The number of hydrogen-bond donors (Lipinski definition) is 1. The lowest BCUT2D eigenvalue weighted by Crippen LogP contribution is -2.40. The average Bonchev–Trinajstić information content (AvgIpc) is 3.13. The number of hydrogen-bond acceptors (Lipinski definition) is 2. The van der Waals surface area contributed by atoms with Gasteiger partial charge in [0.2, 0.25) is 5.96 Å². The lowest BCUT2D eigenvalue weighted by atomic mass is 10.0. The fourth-order valence-corrected chi connectivity index (χ4v) is 4.21. The molecule has 134 valence electrons. The predicted molar refractivity (Wildman–Crippen MR) is 113 cm³/mol. The molecule has 0 unspecified atom stereocenters. The summed E-state index contributed by atoms with van der Waals surface area (Å²) in [6.45, 7) is 0.859. The molecule has 0 saturated carbocycles. The Morgan fingerprint density at radius 2 is 1.85 bits per heavy atom. The number of nitrogens with zero attached hydrogens (tertiary/aromatic N) is 2. The van der Waals surface area contributed by atoms with Crippen molar-refractivity contribution in [1.29, 1.82) is 0 Å². The minimum Gasteiger partial charge on any atom is -0.496 e. The number of benzene rings is 3. The molecule has 0 bridgehead atoms. The standard InChI is InChI=1S/C23H21N3O/c1-27-21-9-3-8-20-18(21)7-4-14-26(20)23(24)25-19-13-12-16-11-10-15-5-2-6-17(19)22(15)16/h2-3,5-6,8-13H,4,7,14H2,1H3,(H2,24,25). The van der Waals surface area contributed by atoms with Crippen molar-refractivity contribution in [2.24, 2.45) is 10.7 Å². The van der Waals surface area contributed by atoms with Crippen molar-refractivity contribution < 1.29 is 4.74 Å². The first-order chi connectivity index (χ1) is 13.3. The van der Waals surface area contributed by atoms with Crippen LogP contribution in [0, 0.1) is 0 Å². The molecule has 1 heterocycles. The van der Waals surface area contributed by atoms with E-state index in [0.717, 1.165) is 41.9 Å². The van der Waals surface area contributed by atoms with Crippen LogP contribution >= 0.6 is 0 Å². The maximum atomic E-state index is 6.49. The first kappa shape index (κ1) is 15.9. The van der Waals surface area contributed by atoms with E-state index in [0.29, 0.717) is 5.96 Å². The van der Waals surface area contributed by atoms with Crippen molar-refractivity contribution in [1.82, 2.24) is 0 Å². The number of anilines is 1. The topological polar surface area (TPSA) is 50.9 Å². The Morgan fingerprint density at radius 3 is 2.70 bits per heavy atom. The molecule has 1 aliphatic carbocycles. The number of nitrogens with two attached hydrogens (primary N) is 1. The van der Waals surface area contributed by atoms with Gasteiger partial charge in [0, 0.05) is 17.5 Å². The molecule has 0 saturated heterocycles. The van der Waals surface area contributed by atoms with E-state index in [9.17, 15) is 0 Å². The van der Waals surface area contributed by atoms with Gasteiger partial charge in [-0.15, -0.1) is 0 Å². The second kappa shape index (κ2) is 6.16. The smallest absolute Gasteiger partial charge is 0.201 e. The molecule has 27 heavy (non-hydrogen) atoms. The Morgan fingerprint density at radius 1 is 1.04 bits per heavy atom. The zero-order chi connectivity index (χ0) is 18.4. The van der Waals surface area contributed by atoms with Crippen LogP contribution in [0.3, 0.4) is 0 Å². The van der Waals surface area contributed by atoms with Crippen molar-refractivity contribution in [3.63, 3.8) is 0 Å². The third-order valence-corrected chi connectivity index (χ3v) is 5.46. The molecule has 3 aromatic carbocycles. The van der Waals surface area contributed by atoms with Gasteiger partial charge in [0.1, 0.15) is 5.75 Å². The predicted octanol–water partition coefficient (Wildman–Crippen LogP) is 4.73. The Kier molecular flexibility index (Phi) is 3.64. The van der Waals surface area contributed by atoms with E-state index in [-0.39, 0.29) is 0 Å². The summed E-state index contributed by atoms with van der Waals surface area (Å²) in [5.74, 6) is 1.44. The molecule has 0 atom stereocenters. The molecule has 1 aliphatic heterocycles. The van der Waals surface area contributed by atoms with Crippen LogP contribution in [0.4, 0.5) is 11.4 Å². The van der Waals surface area contributed by atoms with Gasteiger partial charge in [0.25, 0.3) is 0 Å². The van der Waals surface area contributed by atoms with E-state index in [1.807, 2.05) is 12.1 Å². The summed E-state index contributed by atoms with van der Waals surface area (Å²) in [5.41, 5.74) is 12.2. The quantitative estimate of drug-likeness (QED) is 0.418. The van der Waals surface area contributed by atoms with Crippen LogP contribution in [0.2, 0.25) is 0 Å². The van der Waals surface area contributed by atoms with E-state index < -0.39 is 0 Å². The van der Waals surface area contributed by atoms with Crippen molar-refractivity contribution in [2.45, 2.75) is 12.8 Å². The van der Waals surface area contributed by atoms with Gasteiger partial charge in [0.05, 0.1) is 18.5 Å². The number of rotatable bonds is 2. The first-order valence-corrected chi connectivity index (χ1v) is 9.27. The van der Waals surface area contributed by atoms with E-state index in [4.69, 9.17) is 15.5 Å². The summed E-state index contributed by atoms with van der Waals surface area (Å²) < 4.78 is 5.54. The Hall–Kier alpha value is -3.27. The SMILES string of the molecule is COc1cccc2c1CCCN2C(N)=Nc1ccc2c3c(cccc13)C=C2. The Bertz CT molecular complexity index is 1100. The number of fused-ring (bicyclic) bond motifs is 1. The van der Waals surface area contributed by atoms with E-state index in [1.54, 1.807) is 7.11 Å². The molecule has 5 rings (SSSR count). The van der Waals surface area contributed by atoms with Gasteiger partial charge in [-0.25, -0.2) is 4.99 Å². The van der Waals surface area contributed by atoms with Crippen LogP contribution in [0.5, 0.6) is 5.75 Å². The third kappa shape index (κ3) is 2.48. The summed E-state index contributed by atoms with van der Waals surface area (Å²) in [4.78, 5) is 6.93. The van der Waals surface area contributed by atoms with Gasteiger partial charge in [-0.05, 0) is 47.6 Å². The number of ether oxygens (including phenoxy) is 1. The van der Waals surface area contributed by atoms with Crippen LogP contribution < -0.4 is 15.4 Å². The first-order valence-electron chi connectivity index (χ1n) is 9.27. The highest BCUT2D eigenvalue weighted by molar-refractivity contribution is 6.10. The molecular weight excluding hydrogens is 334 g/mol. The monoisotopic (exact) mass is 355 g/mol. The van der Waals surface area contributed by atoms with Crippen molar-refractivity contribution in [3.8, 4) is 5.75 Å². The molecule has 4 nitrogen and oxygen atoms in total. The Labute approximate surface area is 158 Å². The van der Waals surface area contributed by atoms with Gasteiger partial charge in [-0.3, -0.25) is 0 Å². The van der Waals surface area contributed by atoms with E-state index >= 15 is 0 Å². The lowest BCUT2D eigenvalue weighted by Gasteiger charge is -2.31. The largest absolute Gasteiger partial charge is 0.496 e. The van der Waals surface area contributed by atoms with Crippen molar-refractivity contribution in [2.75, 3.05) is 18.6 Å². The molecule has 3 aromatic rings. The van der Waals surface area contributed by atoms with E-state index in [2.05, 4.69) is 53.5 Å². The molecule has 0 amide bonds. The van der Waals surface area contributed by atoms with Crippen LogP contribution in [0.25, 0.3) is 22.9 Å². The second-order valence-electron chi connectivity index (χ2n) is 6.96. The van der Waals surface area contributed by atoms with Crippen molar-refractivity contribution in [3.05, 3.63) is 65.2 Å². The minimum atomic E-state index is 0.524. The van der Waals surface area contributed by atoms with Crippen LogP contribution in [-0.2, 0) is 6.42 Å². The fourth-order valence-electron chi connectivity index (χ4n) is 4.21. The summed E-state index contributed by atoms with van der Waals surface area (Å²) in [5, 5.41) is 2.40. The normalized spacial score (nSPS) is 15.3. The van der Waals surface area contributed by atoms with Gasteiger partial charge in [-0.1, -0.05) is 42.5 Å². The van der Waals surface area contributed by atoms with Gasteiger partial charge in [-0.2, -0.15) is 0 Å². The van der Waals surface area contributed by atoms with Crippen LogP contribution in [-0.4, -0.2) is 19.6 Å². The molecule has 4 heteroatoms. The highest BCUT2D eigenvalue weighted by Crippen LogP contribution is 2.37. The lowest BCUT2D eigenvalue weighted by molar-refractivity contribution is 0.408. The highest BCUT2D eigenvalue weighted by atomic mass is 16.5. The Balaban J connectivity index is 1.60. The summed E-state index contributed by atoms with van der Waals surface area (Å²) in [7, 11) is 1.72. The van der Waals surface area contributed by atoms with Gasteiger partial charge in [0.15, 0.2) is 0 Å². The van der Waals surface area contributed by atoms with Gasteiger partial charge >= 0.3 is 0 Å². The zero-order valence-electron chi connectivity index (χ0n) is 15.3. The van der Waals surface area contributed by atoms with Crippen molar-refractivity contribution >= 4 is 40.3 Å². The molecule has 0 fully saturated rings. The van der Waals surface area contributed by atoms with Crippen LogP contribution in [0.1, 0.15) is 23.1 Å². The molecule has 0 radical (unpaired) electrons. The van der Waals surface area contributed by atoms with Crippen LogP contribution in [0.15, 0.2) is 53.5 Å². The molecule has 0 spiro atoms. The minimum absolute atomic E-state index is 0.524. The average molecular weight is 355 g/mol. The third-order valence-electron chi connectivity index (χ3n) is 5.46. The highest BCUT2D eigenvalue weighted by Gasteiger charge is 2.22. The van der Waals surface area contributed by atoms with Gasteiger partial charge < -0.3 is 15.4 Å². The molecule has 2 N–H and O–H groups in total. The maximum Gasteiger partial charge on any atom is 0.201 e. The summed E-state index contributed by atoms with van der Waals surface area (Å²) in [6.07, 6.45) is 6.33. The summed E-state index contributed by atoms with van der Waals surface area (Å²) >= 11 is 0.